The van der Waals surface area contributed by atoms with Crippen LogP contribution in [0.25, 0.3) is 0 Å². The van der Waals surface area contributed by atoms with Crippen LogP contribution in [0.5, 0.6) is 0 Å². The number of pyridine rings is 1. The van der Waals surface area contributed by atoms with Crippen molar-refractivity contribution >= 4 is 0 Å². The van der Waals surface area contributed by atoms with Gasteiger partial charge in [0, 0.05) is 11.9 Å². The highest BCUT2D eigenvalue weighted by Crippen LogP contribution is 2.15. The Balaban J connectivity index is 0.000000671. The van der Waals surface area contributed by atoms with Crippen molar-refractivity contribution in [3.05, 3.63) is 28.6 Å². The average molecular weight is 179 g/mol. The maximum absolute atomic E-state index is 4.29. The minimum Gasteiger partial charge on any atom is -0.261 e. The molecule has 13 heavy (non-hydrogen) atoms. The third-order valence-electron chi connectivity index (χ3n) is 2.28. The van der Waals surface area contributed by atoms with Gasteiger partial charge in [0.15, 0.2) is 0 Å². The van der Waals surface area contributed by atoms with Crippen LogP contribution in [0.1, 0.15) is 43.2 Å². The van der Waals surface area contributed by atoms with E-state index in [1.165, 1.54) is 16.7 Å². The van der Waals surface area contributed by atoms with Crippen LogP contribution in [0.4, 0.5) is 0 Å². The Morgan fingerprint density at radius 2 is 1.69 bits per heavy atom. The number of aryl methyl sites for hydroxylation is 2. The van der Waals surface area contributed by atoms with Crippen molar-refractivity contribution in [2.75, 3.05) is 0 Å². The molecule has 0 amide bonds. The Morgan fingerprint density at radius 3 is 2.08 bits per heavy atom. The molecule has 0 unspecified atom stereocenters. The van der Waals surface area contributed by atoms with Gasteiger partial charge in [-0.3, -0.25) is 4.98 Å². The first-order valence-electron chi connectivity index (χ1n) is 5.08. The quantitative estimate of drug-likeness (QED) is 0.642. The summed E-state index contributed by atoms with van der Waals surface area (Å²) in [6, 6.07) is 0. The summed E-state index contributed by atoms with van der Waals surface area (Å²) in [5.41, 5.74) is 5.29. The van der Waals surface area contributed by atoms with E-state index in [4.69, 9.17) is 0 Å². The van der Waals surface area contributed by atoms with Gasteiger partial charge in [0.1, 0.15) is 0 Å². The maximum Gasteiger partial charge on any atom is 0.0404 e. The van der Waals surface area contributed by atoms with Crippen LogP contribution in [-0.2, 0) is 6.42 Å². The van der Waals surface area contributed by atoms with Crippen molar-refractivity contribution in [2.24, 2.45) is 0 Å². The monoisotopic (exact) mass is 179 g/mol. The number of nitrogens with zero attached hydrogens (tertiary/aromatic N) is 1. The van der Waals surface area contributed by atoms with E-state index in [9.17, 15) is 0 Å². The molecule has 1 rings (SSSR count). The predicted molar refractivity (Wildman–Crippen MR) is 59.2 cm³/mol. The molecular weight excluding hydrogens is 158 g/mol. The van der Waals surface area contributed by atoms with Gasteiger partial charge < -0.3 is 0 Å². The fourth-order valence-electron chi connectivity index (χ4n) is 1.43. The minimum absolute atomic E-state index is 1.11. The van der Waals surface area contributed by atoms with Crippen LogP contribution in [0.15, 0.2) is 6.20 Å². The standard InChI is InChI=1S/C10H15N.C2H6/c1-5-10-7(2)6-11-9(4)8(10)3;1-2/h6H,5H2,1-4H3;1-2H3. The first kappa shape index (κ1) is 12.2. The third kappa shape index (κ3) is 2.83. The van der Waals surface area contributed by atoms with Gasteiger partial charge in [-0.25, -0.2) is 0 Å². The average Bonchev–Trinajstić information content (AvgIpc) is 2.16. The zero-order chi connectivity index (χ0) is 10.4. The zero-order valence-electron chi connectivity index (χ0n) is 9.73. The predicted octanol–water partition coefficient (Wildman–Crippen LogP) is 3.60. The summed E-state index contributed by atoms with van der Waals surface area (Å²) in [6.45, 7) is 12.5. The summed E-state index contributed by atoms with van der Waals surface area (Å²) in [5.74, 6) is 0. The third-order valence-corrected chi connectivity index (χ3v) is 2.28. The number of hydrogen-bond donors (Lipinski definition) is 0. The summed E-state index contributed by atoms with van der Waals surface area (Å²) < 4.78 is 0. The minimum atomic E-state index is 1.11. The van der Waals surface area contributed by atoms with E-state index in [2.05, 4.69) is 32.7 Å². The Labute approximate surface area is 82.2 Å². The molecule has 0 fully saturated rings. The zero-order valence-corrected chi connectivity index (χ0v) is 9.73. The Bertz CT molecular complexity index is 264. The summed E-state index contributed by atoms with van der Waals surface area (Å²) in [4.78, 5) is 4.29. The summed E-state index contributed by atoms with van der Waals surface area (Å²) >= 11 is 0. The fraction of sp³-hybridized carbons (Fsp3) is 0.583. The second-order valence-electron chi connectivity index (χ2n) is 2.98. The molecule has 0 aliphatic carbocycles. The number of hydrogen-bond acceptors (Lipinski definition) is 1. The molecule has 0 aromatic carbocycles. The molecule has 1 heterocycles. The van der Waals surface area contributed by atoms with Crippen LogP contribution in [0, 0.1) is 20.8 Å². The van der Waals surface area contributed by atoms with Crippen molar-refractivity contribution < 1.29 is 0 Å². The lowest BCUT2D eigenvalue weighted by Crippen LogP contribution is -1.96. The second-order valence-corrected chi connectivity index (χ2v) is 2.98. The lowest BCUT2D eigenvalue weighted by atomic mass is 10.0. The van der Waals surface area contributed by atoms with E-state index in [1.54, 1.807) is 0 Å². The highest BCUT2D eigenvalue weighted by atomic mass is 14.7. The van der Waals surface area contributed by atoms with Crippen molar-refractivity contribution in [3.8, 4) is 0 Å². The molecule has 74 valence electrons. The highest BCUT2D eigenvalue weighted by Gasteiger charge is 2.02. The van der Waals surface area contributed by atoms with Gasteiger partial charge in [-0.2, -0.15) is 0 Å². The molecule has 0 radical (unpaired) electrons. The second kappa shape index (κ2) is 5.74. The molecule has 1 heteroatoms. The molecule has 0 aliphatic heterocycles. The van der Waals surface area contributed by atoms with E-state index in [0.29, 0.717) is 0 Å². The van der Waals surface area contributed by atoms with Crippen LogP contribution < -0.4 is 0 Å². The molecule has 0 atom stereocenters. The molecule has 0 N–H and O–H groups in total. The fourth-order valence-corrected chi connectivity index (χ4v) is 1.43. The van der Waals surface area contributed by atoms with Gasteiger partial charge in [0.2, 0.25) is 0 Å². The Morgan fingerprint density at radius 1 is 1.15 bits per heavy atom. The lowest BCUT2D eigenvalue weighted by Gasteiger charge is -2.08. The van der Waals surface area contributed by atoms with Crippen molar-refractivity contribution in [2.45, 2.75) is 48.0 Å². The normalized spacial score (nSPS) is 9.08. The van der Waals surface area contributed by atoms with Crippen LogP contribution in [0.2, 0.25) is 0 Å². The van der Waals surface area contributed by atoms with Gasteiger partial charge in [0.05, 0.1) is 0 Å². The maximum atomic E-state index is 4.29. The van der Waals surface area contributed by atoms with E-state index in [0.717, 1.165) is 12.1 Å². The van der Waals surface area contributed by atoms with Crippen molar-refractivity contribution in [1.29, 1.82) is 0 Å². The molecule has 0 bridgehead atoms. The smallest absolute Gasteiger partial charge is 0.0404 e. The van der Waals surface area contributed by atoms with E-state index in [1.807, 2.05) is 20.0 Å². The molecular formula is C12H21N. The molecule has 0 saturated carbocycles. The van der Waals surface area contributed by atoms with Gasteiger partial charge in [0.25, 0.3) is 0 Å². The summed E-state index contributed by atoms with van der Waals surface area (Å²) in [6.07, 6.45) is 3.07. The molecule has 1 aromatic heterocycles. The molecule has 1 aromatic rings. The first-order chi connectivity index (χ1) is 6.16. The van der Waals surface area contributed by atoms with Crippen molar-refractivity contribution in [1.82, 2.24) is 4.98 Å². The lowest BCUT2D eigenvalue weighted by molar-refractivity contribution is 1.02. The van der Waals surface area contributed by atoms with Gasteiger partial charge in [-0.1, -0.05) is 20.8 Å². The van der Waals surface area contributed by atoms with E-state index in [-0.39, 0.29) is 0 Å². The highest BCUT2D eigenvalue weighted by molar-refractivity contribution is 5.34. The molecule has 0 aliphatic rings. The molecule has 1 nitrogen and oxygen atoms in total. The number of aromatic nitrogens is 1. The topological polar surface area (TPSA) is 12.9 Å². The SMILES string of the molecule is CC.CCc1c(C)cnc(C)c1C. The van der Waals surface area contributed by atoms with E-state index < -0.39 is 0 Å². The van der Waals surface area contributed by atoms with Gasteiger partial charge in [-0.05, 0) is 43.9 Å². The van der Waals surface area contributed by atoms with Gasteiger partial charge in [-0.15, -0.1) is 0 Å². The summed E-state index contributed by atoms with van der Waals surface area (Å²) in [5, 5.41) is 0. The largest absolute Gasteiger partial charge is 0.261 e. The van der Waals surface area contributed by atoms with Crippen LogP contribution in [-0.4, -0.2) is 4.98 Å². The number of rotatable bonds is 1. The van der Waals surface area contributed by atoms with Crippen LogP contribution >= 0.6 is 0 Å². The summed E-state index contributed by atoms with van der Waals surface area (Å²) in [7, 11) is 0. The van der Waals surface area contributed by atoms with E-state index >= 15 is 0 Å². The van der Waals surface area contributed by atoms with Crippen molar-refractivity contribution in [3.63, 3.8) is 0 Å². The molecule has 0 saturated heterocycles. The van der Waals surface area contributed by atoms with Gasteiger partial charge >= 0.3 is 0 Å². The first-order valence-corrected chi connectivity index (χ1v) is 5.08. The Kier molecular flexibility index (Phi) is 5.36. The van der Waals surface area contributed by atoms with Crippen LogP contribution in [0.3, 0.4) is 0 Å². The Hall–Kier alpha value is -0.850. The molecule has 0 spiro atoms.